The number of phenols is 1. The maximum Gasteiger partial charge on any atom is 0.125 e. The van der Waals surface area contributed by atoms with Crippen LogP contribution in [0.1, 0.15) is 35.2 Å². The third-order valence-corrected chi connectivity index (χ3v) is 4.91. The van der Waals surface area contributed by atoms with Crippen molar-refractivity contribution in [3.8, 4) is 17.0 Å². The summed E-state index contributed by atoms with van der Waals surface area (Å²) in [6.07, 6.45) is 3.48. The molecule has 1 atom stereocenters. The normalized spacial score (nSPS) is 18.1. The van der Waals surface area contributed by atoms with Gasteiger partial charge >= 0.3 is 0 Å². The van der Waals surface area contributed by atoms with E-state index in [0.29, 0.717) is 5.92 Å². The van der Waals surface area contributed by atoms with Crippen molar-refractivity contribution in [1.29, 1.82) is 0 Å². The second kappa shape index (κ2) is 6.67. The van der Waals surface area contributed by atoms with Gasteiger partial charge in [-0.15, -0.1) is 5.10 Å². The van der Waals surface area contributed by atoms with Crippen molar-refractivity contribution >= 4 is 0 Å². The van der Waals surface area contributed by atoms with Crippen molar-refractivity contribution in [3.05, 3.63) is 40.6 Å². The number of hydrogen-bond acceptors (Lipinski definition) is 4. The largest absolute Gasteiger partial charge is 0.507 e. The Labute approximate surface area is 138 Å². The number of aryl methyl sites for hydroxylation is 1. The molecule has 3 rings (SSSR count). The smallest absolute Gasteiger partial charge is 0.125 e. The number of phenolic OH excluding ortho intramolecular Hbond substituents is 1. The van der Waals surface area contributed by atoms with E-state index in [4.69, 9.17) is 0 Å². The first-order chi connectivity index (χ1) is 11.1. The van der Waals surface area contributed by atoms with Crippen LogP contribution >= 0.6 is 0 Å². The maximum atomic E-state index is 10.2. The fourth-order valence-corrected chi connectivity index (χ4v) is 3.32. The van der Waals surface area contributed by atoms with E-state index in [1.807, 2.05) is 19.1 Å². The zero-order valence-electron chi connectivity index (χ0n) is 14.2. The zero-order chi connectivity index (χ0) is 16.4. The van der Waals surface area contributed by atoms with Crippen LogP contribution in [0.5, 0.6) is 5.75 Å². The first kappa shape index (κ1) is 15.9. The predicted molar refractivity (Wildman–Crippen MR) is 92.6 cm³/mol. The molecular weight excluding hydrogens is 286 g/mol. The van der Waals surface area contributed by atoms with Crippen LogP contribution in [-0.4, -0.2) is 28.4 Å². The van der Waals surface area contributed by atoms with Gasteiger partial charge in [0.2, 0.25) is 0 Å². The van der Waals surface area contributed by atoms with Crippen LogP contribution in [-0.2, 0) is 6.42 Å². The van der Waals surface area contributed by atoms with E-state index >= 15 is 0 Å². The van der Waals surface area contributed by atoms with Gasteiger partial charge in [-0.1, -0.05) is 6.07 Å². The Morgan fingerprint density at radius 3 is 2.70 bits per heavy atom. The minimum Gasteiger partial charge on any atom is -0.507 e. The fraction of sp³-hybridized carbons (Fsp3) is 0.474. The highest BCUT2D eigenvalue weighted by molar-refractivity contribution is 5.70. The van der Waals surface area contributed by atoms with Gasteiger partial charge in [0.15, 0.2) is 0 Å². The summed E-state index contributed by atoms with van der Waals surface area (Å²) in [5, 5.41) is 22.6. The van der Waals surface area contributed by atoms with Gasteiger partial charge in [0.25, 0.3) is 0 Å². The summed E-state index contributed by atoms with van der Waals surface area (Å²) in [6, 6.07) is 5.69. The molecule has 1 saturated heterocycles. The van der Waals surface area contributed by atoms with Gasteiger partial charge in [0.05, 0.1) is 11.4 Å². The summed E-state index contributed by atoms with van der Waals surface area (Å²) in [4.78, 5) is 0. The number of hydrogen-bond donors (Lipinski definition) is 2. The van der Waals surface area contributed by atoms with Crippen LogP contribution in [0.4, 0.5) is 0 Å². The van der Waals surface area contributed by atoms with E-state index in [0.717, 1.165) is 47.6 Å². The summed E-state index contributed by atoms with van der Waals surface area (Å²) in [5.74, 6) is 0.917. The molecule has 1 aromatic carbocycles. The van der Waals surface area contributed by atoms with Crippen molar-refractivity contribution < 1.29 is 5.11 Å². The molecule has 1 aliphatic rings. The highest BCUT2D eigenvalue weighted by atomic mass is 16.3. The molecule has 2 heterocycles. The molecular formula is C19H25N3O. The van der Waals surface area contributed by atoms with Gasteiger partial charge in [-0.2, -0.15) is 5.10 Å². The second-order valence-corrected chi connectivity index (χ2v) is 6.68. The van der Waals surface area contributed by atoms with Crippen LogP contribution in [0.25, 0.3) is 11.3 Å². The van der Waals surface area contributed by atoms with Crippen molar-refractivity contribution in [2.75, 3.05) is 13.1 Å². The van der Waals surface area contributed by atoms with Gasteiger partial charge in [0.1, 0.15) is 5.75 Å². The van der Waals surface area contributed by atoms with Crippen molar-refractivity contribution in [1.82, 2.24) is 15.5 Å². The van der Waals surface area contributed by atoms with E-state index in [1.54, 1.807) is 6.07 Å². The highest BCUT2D eigenvalue weighted by Gasteiger charge is 2.19. The molecule has 23 heavy (non-hydrogen) atoms. The van der Waals surface area contributed by atoms with Gasteiger partial charge < -0.3 is 10.4 Å². The molecule has 0 amide bonds. The van der Waals surface area contributed by atoms with Crippen molar-refractivity contribution in [2.24, 2.45) is 5.92 Å². The lowest BCUT2D eigenvalue weighted by Crippen LogP contribution is -2.31. The Kier molecular flexibility index (Phi) is 4.62. The second-order valence-electron chi connectivity index (χ2n) is 6.68. The summed E-state index contributed by atoms with van der Waals surface area (Å²) in [7, 11) is 0. The van der Waals surface area contributed by atoms with Crippen molar-refractivity contribution in [2.45, 2.75) is 40.0 Å². The third kappa shape index (κ3) is 3.37. The average molecular weight is 311 g/mol. The molecule has 0 spiro atoms. The third-order valence-electron chi connectivity index (χ3n) is 4.91. The Bertz CT molecular complexity index is 706. The highest BCUT2D eigenvalue weighted by Crippen LogP contribution is 2.32. The first-order valence-electron chi connectivity index (χ1n) is 8.39. The lowest BCUT2D eigenvalue weighted by atomic mass is 9.91. The number of rotatable bonds is 3. The molecule has 2 aromatic rings. The molecule has 4 nitrogen and oxygen atoms in total. The number of benzene rings is 1. The SMILES string of the molecule is Cc1ccc(-c2nnc(CC3CCCNC3)c(C)c2C)c(O)c1. The van der Waals surface area contributed by atoms with E-state index in [2.05, 4.69) is 29.4 Å². The molecule has 1 unspecified atom stereocenters. The lowest BCUT2D eigenvalue weighted by molar-refractivity contribution is 0.372. The monoisotopic (exact) mass is 311 g/mol. The molecule has 0 radical (unpaired) electrons. The molecule has 1 aromatic heterocycles. The van der Waals surface area contributed by atoms with Crippen LogP contribution in [0.2, 0.25) is 0 Å². The first-order valence-corrected chi connectivity index (χ1v) is 8.39. The summed E-state index contributed by atoms with van der Waals surface area (Å²) in [6.45, 7) is 8.35. The van der Waals surface area contributed by atoms with E-state index in [9.17, 15) is 5.11 Å². The summed E-state index contributed by atoms with van der Waals surface area (Å²) < 4.78 is 0. The molecule has 4 heteroatoms. The minimum absolute atomic E-state index is 0.269. The summed E-state index contributed by atoms with van der Waals surface area (Å²) >= 11 is 0. The number of aromatic nitrogens is 2. The van der Waals surface area contributed by atoms with Crippen molar-refractivity contribution in [3.63, 3.8) is 0 Å². The average Bonchev–Trinajstić information content (AvgIpc) is 2.54. The van der Waals surface area contributed by atoms with E-state index < -0.39 is 0 Å². The predicted octanol–water partition coefficient (Wildman–Crippen LogP) is 3.32. The Morgan fingerprint density at radius 2 is 2.00 bits per heavy atom. The maximum absolute atomic E-state index is 10.2. The number of aromatic hydroxyl groups is 1. The standard InChI is InChI=1S/C19H25N3O/c1-12-6-7-16(18(23)9-12)19-14(3)13(2)17(21-22-19)10-15-5-4-8-20-11-15/h6-7,9,15,20,23H,4-5,8,10-11H2,1-3H3. The van der Waals surface area contributed by atoms with Gasteiger partial charge in [-0.25, -0.2) is 0 Å². The van der Waals surface area contributed by atoms with Crippen LogP contribution in [0.3, 0.4) is 0 Å². The Balaban J connectivity index is 1.90. The topological polar surface area (TPSA) is 58.0 Å². The van der Waals surface area contributed by atoms with E-state index in [1.165, 1.54) is 18.4 Å². The summed E-state index contributed by atoms with van der Waals surface area (Å²) in [5.41, 5.74) is 5.97. The van der Waals surface area contributed by atoms with Crippen LogP contribution in [0.15, 0.2) is 18.2 Å². The Morgan fingerprint density at radius 1 is 1.17 bits per heavy atom. The zero-order valence-corrected chi connectivity index (χ0v) is 14.2. The molecule has 122 valence electrons. The molecule has 1 aliphatic heterocycles. The number of piperidine rings is 1. The molecule has 0 bridgehead atoms. The van der Waals surface area contributed by atoms with E-state index in [-0.39, 0.29) is 5.75 Å². The fourth-order valence-electron chi connectivity index (χ4n) is 3.32. The minimum atomic E-state index is 0.269. The quantitative estimate of drug-likeness (QED) is 0.913. The van der Waals surface area contributed by atoms with Crippen LogP contribution in [0, 0.1) is 26.7 Å². The number of nitrogens with zero attached hydrogens (tertiary/aromatic N) is 2. The van der Waals surface area contributed by atoms with Crippen LogP contribution < -0.4 is 5.32 Å². The molecule has 0 saturated carbocycles. The number of nitrogens with one attached hydrogen (secondary N) is 1. The van der Waals surface area contributed by atoms with Gasteiger partial charge in [0, 0.05) is 5.56 Å². The molecule has 0 aliphatic carbocycles. The van der Waals surface area contributed by atoms with Gasteiger partial charge in [-0.05, 0) is 87.9 Å². The van der Waals surface area contributed by atoms with Gasteiger partial charge in [-0.3, -0.25) is 0 Å². The Hall–Kier alpha value is -1.94. The lowest BCUT2D eigenvalue weighted by Gasteiger charge is -2.23. The molecule has 2 N–H and O–H groups in total. The molecule has 1 fully saturated rings.